The zero-order valence-electron chi connectivity index (χ0n) is 16.1. The Labute approximate surface area is 226 Å². The van der Waals surface area contributed by atoms with E-state index in [1.807, 2.05) is 24.3 Å². The number of nitrogens with zero attached hydrogens (tertiary/aromatic N) is 1. The standard InChI is InChI=1S/C23H13Br2Cl2IN2O2/c24-16-2-1-3-17(10-16)30-23(31)15(11-29)6-14-7-18(25)22(21(28)9-14)32-12-13-4-5-19(26)20(27)8-13/h1-10H,12H2,(H,30,31)/b15-6-. The monoisotopic (exact) mass is 704 g/mol. The summed E-state index contributed by atoms with van der Waals surface area (Å²) < 4.78 is 8.28. The number of carbonyl (C=O) groups excluding carboxylic acids is 1. The van der Waals surface area contributed by atoms with Gasteiger partial charge in [-0.1, -0.05) is 51.3 Å². The van der Waals surface area contributed by atoms with Crippen molar-refractivity contribution in [3.63, 3.8) is 0 Å². The van der Waals surface area contributed by atoms with Gasteiger partial charge in [-0.2, -0.15) is 5.26 Å². The SMILES string of the molecule is N#C/C(=C/c1cc(Br)c(OCc2ccc(Cl)c(Cl)c2)c(I)c1)C(=O)Nc1cccc(Br)c1. The number of ether oxygens (including phenoxy) is 1. The van der Waals surface area contributed by atoms with Crippen molar-refractivity contribution in [3.05, 3.63) is 93.9 Å². The van der Waals surface area contributed by atoms with Crippen LogP contribution in [0.1, 0.15) is 11.1 Å². The lowest BCUT2D eigenvalue weighted by Crippen LogP contribution is -2.13. The number of hydrogen-bond donors (Lipinski definition) is 1. The Balaban J connectivity index is 1.77. The molecule has 9 heteroatoms. The molecule has 3 aromatic carbocycles. The van der Waals surface area contributed by atoms with Crippen LogP contribution in [-0.4, -0.2) is 5.91 Å². The number of benzene rings is 3. The van der Waals surface area contributed by atoms with Crippen LogP contribution >= 0.6 is 77.7 Å². The van der Waals surface area contributed by atoms with Crippen molar-refractivity contribution in [1.29, 1.82) is 5.26 Å². The van der Waals surface area contributed by atoms with Crippen molar-refractivity contribution < 1.29 is 9.53 Å². The molecule has 0 radical (unpaired) electrons. The van der Waals surface area contributed by atoms with Crippen LogP contribution in [0.15, 0.2) is 69.1 Å². The third kappa shape index (κ3) is 6.72. The van der Waals surface area contributed by atoms with E-state index < -0.39 is 5.91 Å². The van der Waals surface area contributed by atoms with Crippen molar-refractivity contribution in [1.82, 2.24) is 0 Å². The molecule has 3 rings (SSSR count). The molecule has 3 aromatic rings. The smallest absolute Gasteiger partial charge is 0.266 e. The van der Waals surface area contributed by atoms with Gasteiger partial charge in [0.25, 0.3) is 5.91 Å². The highest BCUT2D eigenvalue weighted by Crippen LogP contribution is 2.34. The quantitative estimate of drug-likeness (QED) is 0.160. The molecule has 0 aliphatic rings. The summed E-state index contributed by atoms with van der Waals surface area (Å²) in [4.78, 5) is 12.5. The molecule has 0 fully saturated rings. The van der Waals surface area contributed by atoms with Gasteiger partial charge in [-0.15, -0.1) is 0 Å². The lowest BCUT2D eigenvalue weighted by molar-refractivity contribution is -0.112. The Morgan fingerprint density at radius 1 is 1.12 bits per heavy atom. The molecule has 4 nitrogen and oxygen atoms in total. The van der Waals surface area contributed by atoms with Gasteiger partial charge in [-0.25, -0.2) is 0 Å². The molecule has 0 saturated heterocycles. The minimum atomic E-state index is -0.489. The van der Waals surface area contributed by atoms with E-state index in [4.69, 9.17) is 27.9 Å². The lowest BCUT2D eigenvalue weighted by Gasteiger charge is -2.12. The number of carbonyl (C=O) groups is 1. The fraction of sp³-hybridized carbons (Fsp3) is 0.0435. The second-order valence-electron chi connectivity index (χ2n) is 6.49. The van der Waals surface area contributed by atoms with Crippen LogP contribution in [-0.2, 0) is 11.4 Å². The number of halogens is 5. The van der Waals surface area contributed by atoms with Crippen LogP contribution in [0.4, 0.5) is 5.69 Å². The topological polar surface area (TPSA) is 62.1 Å². The van der Waals surface area contributed by atoms with E-state index in [2.05, 4.69) is 59.8 Å². The van der Waals surface area contributed by atoms with Crippen molar-refractivity contribution in [2.75, 3.05) is 5.32 Å². The largest absolute Gasteiger partial charge is 0.487 e. The van der Waals surface area contributed by atoms with E-state index in [9.17, 15) is 10.1 Å². The van der Waals surface area contributed by atoms with Gasteiger partial charge in [0.1, 0.15) is 24.0 Å². The van der Waals surface area contributed by atoms with E-state index in [0.29, 0.717) is 38.1 Å². The molecule has 0 heterocycles. The predicted molar refractivity (Wildman–Crippen MR) is 144 cm³/mol. The van der Waals surface area contributed by atoms with Crippen LogP contribution in [0, 0.1) is 14.9 Å². The molecule has 0 spiro atoms. The lowest BCUT2D eigenvalue weighted by atomic mass is 10.1. The number of nitrogens with one attached hydrogen (secondary N) is 1. The summed E-state index contributed by atoms with van der Waals surface area (Å²) in [6.45, 7) is 0.305. The summed E-state index contributed by atoms with van der Waals surface area (Å²) >= 11 is 21.0. The van der Waals surface area contributed by atoms with Gasteiger partial charge in [0, 0.05) is 10.2 Å². The third-order valence-electron chi connectivity index (χ3n) is 4.15. The molecule has 0 unspecified atom stereocenters. The molecule has 1 amide bonds. The molecular weight excluding hydrogens is 694 g/mol. The fourth-order valence-corrected chi connectivity index (χ4v) is 5.15. The van der Waals surface area contributed by atoms with E-state index in [1.165, 1.54) is 6.08 Å². The first-order chi connectivity index (χ1) is 15.3. The summed E-state index contributed by atoms with van der Waals surface area (Å²) in [5.74, 6) is 0.155. The number of anilines is 1. The van der Waals surface area contributed by atoms with Gasteiger partial charge in [0.05, 0.1) is 18.1 Å². The Kier molecular flexibility index (Phi) is 9.03. The Morgan fingerprint density at radius 2 is 1.91 bits per heavy atom. The maximum absolute atomic E-state index is 12.5. The minimum absolute atomic E-state index is 0.0165. The van der Waals surface area contributed by atoms with Crippen molar-refractivity contribution in [2.45, 2.75) is 6.61 Å². The average molecular weight is 707 g/mol. The van der Waals surface area contributed by atoms with E-state index in [-0.39, 0.29) is 5.57 Å². The van der Waals surface area contributed by atoms with Crippen molar-refractivity contribution >= 4 is 95.3 Å². The van der Waals surface area contributed by atoms with E-state index in [1.54, 1.807) is 36.4 Å². The molecule has 1 N–H and O–H groups in total. The molecular formula is C23H13Br2Cl2IN2O2. The number of nitriles is 1. The number of hydrogen-bond acceptors (Lipinski definition) is 3. The van der Waals surface area contributed by atoms with Gasteiger partial charge < -0.3 is 10.1 Å². The average Bonchev–Trinajstić information content (AvgIpc) is 2.73. The predicted octanol–water partition coefficient (Wildman–Crippen LogP) is 8.25. The molecule has 162 valence electrons. The highest BCUT2D eigenvalue weighted by atomic mass is 127. The third-order valence-corrected chi connectivity index (χ3v) is 6.77. The van der Waals surface area contributed by atoms with Crippen LogP contribution in [0.3, 0.4) is 0 Å². The normalized spacial score (nSPS) is 11.1. The van der Waals surface area contributed by atoms with Gasteiger partial charge in [0.15, 0.2) is 0 Å². The summed E-state index contributed by atoms with van der Waals surface area (Å²) in [6.07, 6.45) is 1.53. The summed E-state index contributed by atoms with van der Waals surface area (Å²) in [5, 5.41) is 13.2. The number of rotatable bonds is 6. The zero-order chi connectivity index (χ0) is 23.3. The molecule has 0 atom stereocenters. The molecule has 0 bridgehead atoms. The van der Waals surface area contributed by atoms with Crippen molar-refractivity contribution in [2.24, 2.45) is 0 Å². The van der Waals surface area contributed by atoms with Gasteiger partial charge >= 0.3 is 0 Å². The second kappa shape index (κ2) is 11.5. The first-order valence-corrected chi connectivity index (χ1v) is 12.4. The summed E-state index contributed by atoms with van der Waals surface area (Å²) in [7, 11) is 0. The highest BCUT2D eigenvalue weighted by molar-refractivity contribution is 14.1. The highest BCUT2D eigenvalue weighted by Gasteiger charge is 2.13. The summed E-state index contributed by atoms with van der Waals surface area (Å²) in [5.41, 5.74) is 2.13. The van der Waals surface area contributed by atoms with Gasteiger partial charge in [-0.05, 0) is 98.2 Å². The Hall–Kier alpha value is -1.57. The Morgan fingerprint density at radius 3 is 2.56 bits per heavy atom. The maximum atomic E-state index is 12.5. The molecule has 0 aliphatic heterocycles. The molecule has 0 saturated carbocycles. The second-order valence-corrected chi connectivity index (χ2v) is 10.2. The van der Waals surface area contributed by atoms with Gasteiger partial charge in [-0.3, -0.25) is 4.79 Å². The zero-order valence-corrected chi connectivity index (χ0v) is 23.0. The van der Waals surface area contributed by atoms with Crippen LogP contribution < -0.4 is 10.1 Å². The van der Waals surface area contributed by atoms with Crippen LogP contribution in [0.2, 0.25) is 10.0 Å². The molecule has 32 heavy (non-hydrogen) atoms. The fourth-order valence-electron chi connectivity index (χ4n) is 2.67. The molecule has 0 aromatic heterocycles. The van der Waals surface area contributed by atoms with E-state index in [0.717, 1.165) is 13.6 Å². The van der Waals surface area contributed by atoms with Crippen LogP contribution in [0.5, 0.6) is 5.75 Å². The van der Waals surface area contributed by atoms with Gasteiger partial charge in [0.2, 0.25) is 0 Å². The molecule has 0 aliphatic carbocycles. The minimum Gasteiger partial charge on any atom is -0.487 e. The number of amides is 1. The maximum Gasteiger partial charge on any atom is 0.266 e. The van der Waals surface area contributed by atoms with Crippen LogP contribution in [0.25, 0.3) is 6.08 Å². The summed E-state index contributed by atoms with van der Waals surface area (Å²) in [6, 6.07) is 18.0. The first kappa shape index (κ1) is 25.1. The van der Waals surface area contributed by atoms with Crippen molar-refractivity contribution in [3.8, 4) is 11.8 Å². The Bertz CT molecular complexity index is 1240. The first-order valence-electron chi connectivity index (χ1n) is 9.01. The van der Waals surface area contributed by atoms with E-state index >= 15 is 0 Å².